The number of hydrogen-bond donors (Lipinski definition) is 0. The molecule has 0 saturated carbocycles. The van der Waals surface area contributed by atoms with E-state index in [1.165, 1.54) is 82.6 Å². The Morgan fingerprint density at radius 2 is 1.29 bits per heavy atom. The van der Waals surface area contributed by atoms with Crippen molar-refractivity contribution < 1.29 is 0 Å². The molecule has 0 fully saturated rings. The fourth-order valence-corrected chi connectivity index (χ4v) is 3.91. The van der Waals surface area contributed by atoms with Crippen molar-refractivity contribution in [2.24, 2.45) is 5.41 Å². The maximum atomic E-state index is 2.41. The molecule has 0 atom stereocenters. The van der Waals surface area contributed by atoms with Crippen LogP contribution in [0.2, 0.25) is 0 Å². The molecule has 0 aliphatic carbocycles. The van der Waals surface area contributed by atoms with E-state index in [-0.39, 0.29) is 12.4 Å². The Morgan fingerprint density at radius 3 is 1.86 bits per heavy atom. The van der Waals surface area contributed by atoms with Gasteiger partial charge in [0.15, 0.2) is 0 Å². The third kappa shape index (κ3) is 16.2. The molecule has 0 amide bonds. The number of benzene rings is 1. The van der Waals surface area contributed by atoms with E-state index >= 15 is 0 Å². The second-order valence-electron chi connectivity index (χ2n) is 9.28. The van der Waals surface area contributed by atoms with Crippen molar-refractivity contribution in [3.63, 3.8) is 0 Å². The molecule has 1 nitrogen and oxygen atoms in total. The monoisotopic (exact) mass is 407 g/mol. The fraction of sp³-hybridized carbons (Fsp3) is 0.692. The van der Waals surface area contributed by atoms with E-state index < -0.39 is 0 Å². The van der Waals surface area contributed by atoms with Gasteiger partial charge in [-0.3, -0.25) is 0 Å². The van der Waals surface area contributed by atoms with Crippen molar-refractivity contribution in [3.05, 3.63) is 48.0 Å². The van der Waals surface area contributed by atoms with Gasteiger partial charge in [0.25, 0.3) is 0 Å². The van der Waals surface area contributed by atoms with E-state index in [0.717, 1.165) is 6.54 Å². The molecule has 0 saturated heterocycles. The first-order valence-corrected chi connectivity index (χ1v) is 11.3. The predicted octanol–water partition coefficient (Wildman–Crippen LogP) is 8.09. The van der Waals surface area contributed by atoms with Crippen LogP contribution < -0.4 is 0 Å². The van der Waals surface area contributed by atoms with Crippen LogP contribution in [0.3, 0.4) is 0 Å². The van der Waals surface area contributed by atoms with Crippen molar-refractivity contribution in [2.75, 3.05) is 20.6 Å². The van der Waals surface area contributed by atoms with Crippen molar-refractivity contribution in [1.29, 1.82) is 0 Å². The van der Waals surface area contributed by atoms with E-state index in [4.69, 9.17) is 0 Å². The lowest BCUT2D eigenvalue weighted by Crippen LogP contribution is -2.27. The van der Waals surface area contributed by atoms with Gasteiger partial charge in [-0.15, -0.1) is 12.4 Å². The zero-order chi connectivity index (χ0) is 19.8. The number of nitrogens with zero attached hydrogens (tertiary/aromatic N) is 1. The Labute approximate surface area is 182 Å². The van der Waals surface area contributed by atoms with Gasteiger partial charge in [-0.2, -0.15) is 0 Å². The predicted molar refractivity (Wildman–Crippen MR) is 130 cm³/mol. The van der Waals surface area contributed by atoms with Crippen LogP contribution in [-0.2, 0) is 6.42 Å². The number of rotatable bonds is 16. The molecule has 0 unspecified atom stereocenters. The topological polar surface area (TPSA) is 3.24 Å². The quantitative estimate of drug-likeness (QED) is 0.197. The Hall–Kier alpha value is -0.790. The summed E-state index contributed by atoms with van der Waals surface area (Å²) in [6.07, 6.45) is 21.1. The first-order valence-electron chi connectivity index (χ1n) is 11.3. The van der Waals surface area contributed by atoms with Crippen LogP contribution in [0.4, 0.5) is 0 Å². The van der Waals surface area contributed by atoms with Gasteiger partial charge < -0.3 is 4.90 Å². The number of allylic oxidation sites excluding steroid dienone is 2. The highest BCUT2D eigenvalue weighted by atomic mass is 35.5. The van der Waals surface area contributed by atoms with Gasteiger partial charge in [-0.05, 0) is 57.2 Å². The van der Waals surface area contributed by atoms with Crippen LogP contribution in [0.5, 0.6) is 0 Å². The maximum Gasteiger partial charge on any atom is 0.00295 e. The molecular formula is C26H46ClN. The summed E-state index contributed by atoms with van der Waals surface area (Å²) in [5.41, 5.74) is 1.88. The Balaban J connectivity index is 0.00000729. The van der Waals surface area contributed by atoms with Crippen molar-refractivity contribution in [2.45, 2.75) is 90.9 Å². The van der Waals surface area contributed by atoms with Gasteiger partial charge >= 0.3 is 0 Å². The van der Waals surface area contributed by atoms with Crippen molar-refractivity contribution in [3.8, 4) is 0 Å². The first-order chi connectivity index (χ1) is 13.0. The van der Waals surface area contributed by atoms with Crippen LogP contribution in [0.1, 0.15) is 90.0 Å². The molecule has 0 aromatic heterocycles. The number of aryl methyl sites for hydroxylation is 1. The lowest BCUT2D eigenvalue weighted by Gasteiger charge is -2.26. The molecular weight excluding hydrogens is 362 g/mol. The average Bonchev–Trinajstić information content (AvgIpc) is 2.61. The lowest BCUT2D eigenvalue weighted by atomic mass is 9.88. The van der Waals surface area contributed by atoms with Gasteiger partial charge in [-0.25, -0.2) is 0 Å². The zero-order valence-corrected chi connectivity index (χ0v) is 19.9. The highest BCUT2D eigenvalue weighted by Crippen LogP contribution is 2.21. The van der Waals surface area contributed by atoms with Gasteiger partial charge in [0.1, 0.15) is 0 Å². The molecule has 1 aromatic rings. The molecule has 2 heteroatoms. The number of halogens is 1. The van der Waals surface area contributed by atoms with E-state index in [0.29, 0.717) is 5.41 Å². The largest absolute Gasteiger partial charge is 0.309 e. The lowest BCUT2D eigenvalue weighted by molar-refractivity contribution is 0.243. The SMILES string of the molecule is CN(C)CC(C)(C)CC=CCCCCCCCCCCCc1ccccc1.Cl. The van der Waals surface area contributed by atoms with Gasteiger partial charge in [0.05, 0.1) is 0 Å². The summed E-state index contributed by atoms with van der Waals surface area (Å²) in [6, 6.07) is 10.9. The summed E-state index contributed by atoms with van der Waals surface area (Å²) in [5, 5.41) is 0. The standard InChI is InChI=1S/C26H45N.ClH/c1-26(2,24-27(3)4)23-19-14-12-10-8-6-5-7-9-11-13-16-20-25-21-17-15-18-22-25;/h14-15,17-19,21-22H,5-13,16,20,23-24H2,1-4H3;1H. The zero-order valence-electron chi connectivity index (χ0n) is 19.1. The molecule has 28 heavy (non-hydrogen) atoms. The minimum atomic E-state index is 0. The minimum absolute atomic E-state index is 0. The minimum Gasteiger partial charge on any atom is -0.309 e. The second-order valence-corrected chi connectivity index (χ2v) is 9.28. The summed E-state index contributed by atoms with van der Waals surface area (Å²) in [7, 11) is 4.33. The summed E-state index contributed by atoms with van der Waals surface area (Å²) in [6.45, 7) is 5.88. The van der Waals surface area contributed by atoms with Crippen molar-refractivity contribution >= 4 is 12.4 Å². The average molecular weight is 408 g/mol. The summed E-state index contributed by atoms with van der Waals surface area (Å²) >= 11 is 0. The normalized spacial score (nSPS) is 11.9. The molecule has 0 N–H and O–H groups in total. The van der Waals surface area contributed by atoms with E-state index in [1.54, 1.807) is 0 Å². The third-order valence-corrected chi connectivity index (χ3v) is 5.26. The van der Waals surface area contributed by atoms with Crippen molar-refractivity contribution in [1.82, 2.24) is 4.90 Å². The molecule has 0 radical (unpaired) electrons. The van der Waals surface area contributed by atoms with Gasteiger partial charge in [0.2, 0.25) is 0 Å². The molecule has 0 spiro atoms. The third-order valence-electron chi connectivity index (χ3n) is 5.26. The Morgan fingerprint density at radius 1 is 0.750 bits per heavy atom. The summed E-state index contributed by atoms with van der Waals surface area (Å²) < 4.78 is 0. The molecule has 1 rings (SSSR count). The van der Waals surface area contributed by atoms with Crippen LogP contribution >= 0.6 is 12.4 Å². The molecule has 162 valence electrons. The smallest absolute Gasteiger partial charge is 0.00295 e. The molecule has 0 bridgehead atoms. The second kappa shape index (κ2) is 17.1. The highest BCUT2D eigenvalue weighted by Gasteiger charge is 2.16. The first kappa shape index (κ1) is 27.2. The van der Waals surface area contributed by atoms with Gasteiger partial charge in [-0.1, -0.05) is 101 Å². The van der Waals surface area contributed by atoms with E-state index in [9.17, 15) is 0 Å². The van der Waals surface area contributed by atoms with Crippen LogP contribution in [0.25, 0.3) is 0 Å². The molecule has 1 aromatic carbocycles. The van der Waals surface area contributed by atoms with E-state index in [1.807, 2.05) is 0 Å². The highest BCUT2D eigenvalue weighted by molar-refractivity contribution is 5.85. The van der Waals surface area contributed by atoms with Crippen LogP contribution in [0, 0.1) is 5.41 Å². The Kier molecular flexibility index (Phi) is 16.6. The summed E-state index contributed by atoms with van der Waals surface area (Å²) in [4.78, 5) is 2.29. The Bertz CT molecular complexity index is 478. The summed E-state index contributed by atoms with van der Waals surface area (Å²) in [5.74, 6) is 0. The van der Waals surface area contributed by atoms with E-state index in [2.05, 4.69) is 75.3 Å². The molecule has 0 aliphatic heterocycles. The fourth-order valence-electron chi connectivity index (χ4n) is 3.91. The molecule has 0 aliphatic rings. The molecule has 0 heterocycles. The van der Waals surface area contributed by atoms with Gasteiger partial charge in [0, 0.05) is 6.54 Å². The maximum absolute atomic E-state index is 2.41. The van der Waals surface area contributed by atoms with Crippen LogP contribution in [0.15, 0.2) is 42.5 Å². The van der Waals surface area contributed by atoms with Crippen LogP contribution in [-0.4, -0.2) is 25.5 Å². The number of hydrogen-bond acceptors (Lipinski definition) is 1. The number of unbranched alkanes of at least 4 members (excludes halogenated alkanes) is 9.